The van der Waals surface area contributed by atoms with Gasteiger partial charge >= 0.3 is 6.03 Å². The molecule has 8 heteroatoms. The van der Waals surface area contributed by atoms with Gasteiger partial charge in [0, 0.05) is 36.2 Å². The van der Waals surface area contributed by atoms with E-state index in [1.54, 1.807) is 6.20 Å². The van der Waals surface area contributed by atoms with Gasteiger partial charge in [-0.2, -0.15) is 5.10 Å². The minimum atomic E-state index is -0.279. The van der Waals surface area contributed by atoms with Gasteiger partial charge in [0.15, 0.2) is 5.82 Å². The number of carbonyl (C=O) groups excluding carboxylic acids is 1. The Hall–Kier alpha value is -3.65. The smallest absolute Gasteiger partial charge is 0.323 e. The van der Waals surface area contributed by atoms with Crippen molar-refractivity contribution >= 4 is 34.6 Å². The zero-order valence-corrected chi connectivity index (χ0v) is 17.7. The number of rotatable bonds is 5. The summed E-state index contributed by atoms with van der Waals surface area (Å²) in [6.45, 7) is 7.13. The highest BCUT2D eigenvalue weighted by molar-refractivity contribution is 6.00. The third-order valence-corrected chi connectivity index (χ3v) is 5.28. The van der Waals surface area contributed by atoms with E-state index in [1.165, 1.54) is 0 Å². The molecule has 160 valence electrons. The number of morpholine rings is 1. The van der Waals surface area contributed by atoms with Crippen molar-refractivity contribution in [3.63, 3.8) is 0 Å². The van der Waals surface area contributed by atoms with Crippen LogP contribution in [0.5, 0.6) is 0 Å². The Kier molecular flexibility index (Phi) is 6.28. The predicted octanol–water partition coefficient (Wildman–Crippen LogP) is 4.32. The standard InChI is InChI=1S/C23H26N6O2/c1-16-4-3-5-21(17(16)2)27-23(30)26-19-8-6-18(7-9-19)25-22-14-20(15-24-28-22)29-10-12-31-13-11-29/h3-9,14-15H,10-13H2,1-2H3,(H,25,28)(H2,26,27,30). The average Bonchev–Trinajstić information content (AvgIpc) is 2.79. The summed E-state index contributed by atoms with van der Waals surface area (Å²) in [6.07, 6.45) is 1.76. The van der Waals surface area contributed by atoms with Crippen molar-refractivity contribution in [1.29, 1.82) is 0 Å². The van der Waals surface area contributed by atoms with Crippen LogP contribution in [0.25, 0.3) is 0 Å². The molecule has 0 spiro atoms. The van der Waals surface area contributed by atoms with E-state index in [0.29, 0.717) is 11.5 Å². The Labute approximate surface area is 181 Å². The first kappa shape index (κ1) is 20.6. The topological polar surface area (TPSA) is 91.4 Å². The van der Waals surface area contributed by atoms with Gasteiger partial charge in [0.1, 0.15) is 0 Å². The molecule has 1 saturated heterocycles. The number of benzene rings is 2. The first-order valence-corrected chi connectivity index (χ1v) is 10.3. The van der Waals surface area contributed by atoms with Crippen LogP contribution in [-0.2, 0) is 4.74 Å². The number of amides is 2. The van der Waals surface area contributed by atoms with Crippen LogP contribution in [-0.4, -0.2) is 42.5 Å². The molecule has 1 aromatic heterocycles. The van der Waals surface area contributed by atoms with Crippen molar-refractivity contribution in [3.05, 3.63) is 65.9 Å². The minimum Gasteiger partial charge on any atom is -0.378 e. The molecule has 1 fully saturated rings. The number of urea groups is 1. The van der Waals surface area contributed by atoms with Gasteiger partial charge in [0.25, 0.3) is 0 Å². The van der Waals surface area contributed by atoms with Crippen LogP contribution >= 0.6 is 0 Å². The Morgan fingerprint density at radius 3 is 2.52 bits per heavy atom. The van der Waals surface area contributed by atoms with E-state index < -0.39 is 0 Å². The number of carbonyl (C=O) groups is 1. The molecule has 0 saturated carbocycles. The van der Waals surface area contributed by atoms with Crippen molar-refractivity contribution in [3.8, 4) is 0 Å². The molecule has 0 unspecified atom stereocenters. The second kappa shape index (κ2) is 9.44. The number of anilines is 5. The monoisotopic (exact) mass is 418 g/mol. The normalized spacial score (nSPS) is 13.5. The van der Waals surface area contributed by atoms with Crippen LogP contribution in [0, 0.1) is 13.8 Å². The van der Waals surface area contributed by atoms with Crippen molar-refractivity contribution in [1.82, 2.24) is 10.2 Å². The fourth-order valence-electron chi connectivity index (χ4n) is 3.37. The molecule has 2 heterocycles. The Balaban J connectivity index is 1.36. The summed E-state index contributed by atoms with van der Waals surface area (Å²) < 4.78 is 5.40. The van der Waals surface area contributed by atoms with Crippen molar-refractivity contribution in [2.75, 3.05) is 47.2 Å². The van der Waals surface area contributed by atoms with E-state index in [0.717, 1.165) is 54.5 Å². The van der Waals surface area contributed by atoms with Gasteiger partial charge in [-0.3, -0.25) is 0 Å². The Bertz CT molecular complexity index is 1050. The van der Waals surface area contributed by atoms with Gasteiger partial charge in [-0.15, -0.1) is 5.10 Å². The molecule has 8 nitrogen and oxygen atoms in total. The molecular formula is C23H26N6O2. The molecule has 0 bridgehead atoms. The van der Waals surface area contributed by atoms with Crippen LogP contribution < -0.4 is 20.9 Å². The van der Waals surface area contributed by atoms with Gasteiger partial charge in [0.05, 0.1) is 25.1 Å². The van der Waals surface area contributed by atoms with E-state index in [1.807, 2.05) is 62.4 Å². The molecule has 1 aliphatic rings. The summed E-state index contributed by atoms with van der Waals surface area (Å²) in [6, 6.07) is 15.0. The molecule has 1 aliphatic heterocycles. The first-order chi connectivity index (χ1) is 15.1. The van der Waals surface area contributed by atoms with Crippen LogP contribution in [0.3, 0.4) is 0 Å². The highest BCUT2D eigenvalue weighted by Gasteiger charge is 2.12. The molecule has 2 aromatic carbocycles. The summed E-state index contributed by atoms with van der Waals surface area (Å²) in [4.78, 5) is 14.6. The molecule has 3 aromatic rings. The molecule has 0 aliphatic carbocycles. The van der Waals surface area contributed by atoms with Crippen LogP contribution in [0.15, 0.2) is 54.7 Å². The zero-order chi connectivity index (χ0) is 21.6. The maximum absolute atomic E-state index is 12.3. The highest BCUT2D eigenvalue weighted by Crippen LogP contribution is 2.22. The number of aryl methyl sites for hydroxylation is 1. The number of ether oxygens (including phenoxy) is 1. The summed E-state index contributed by atoms with van der Waals surface area (Å²) >= 11 is 0. The zero-order valence-electron chi connectivity index (χ0n) is 17.7. The number of nitrogens with one attached hydrogen (secondary N) is 3. The number of hydrogen-bond donors (Lipinski definition) is 3. The summed E-state index contributed by atoms with van der Waals surface area (Å²) in [7, 11) is 0. The lowest BCUT2D eigenvalue weighted by atomic mass is 10.1. The first-order valence-electron chi connectivity index (χ1n) is 10.3. The molecular weight excluding hydrogens is 392 g/mol. The van der Waals surface area contributed by atoms with Gasteiger partial charge < -0.3 is 25.6 Å². The Morgan fingerprint density at radius 2 is 1.74 bits per heavy atom. The van der Waals surface area contributed by atoms with Crippen molar-refractivity contribution in [2.45, 2.75) is 13.8 Å². The fourth-order valence-corrected chi connectivity index (χ4v) is 3.37. The predicted molar refractivity (Wildman–Crippen MR) is 123 cm³/mol. The van der Waals surface area contributed by atoms with Crippen LogP contribution in [0.4, 0.5) is 33.4 Å². The maximum atomic E-state index is 12.3. The second-order valence-electron chi connectivity index (χ2n) is 7.43. The molecule has 0 atom stereocenters. The number of nitrogens with zero attached hydrogens (tertiary/aromatic N) is 3. The van der Waals surface area contributed by atoms with E-state index in [-0.39, 0.29) is 6.03 Å². The third-order valence-electron chi connectivity index (χ3n) is 5.28. The third kappa shape index (κ3) is 5.29. The van der Waals surface area contributed by atoms with Gasteiger partial charge in [-0.05, 0) is 55.3 Å². The quantitative estimate of drug-likeness (QED) is 0.572. The van der Waals surface area contributed by atoms with E-state index in [4.69, 9.17) is 4.74 Å². The molecule has 3 N–H and O–H groups in total. The van der Waals surface area contributed by atoms with Crippen molar-refractivity contribution in [2.24, 2.45) is 0 Å². The Morgan fingerprint density at radius 1 is 1.00 bits per heavy atom. The van der Waals surface area contributed by atoms with E-state index in [2.05, 4.69) is 31.0 Å². The lowest BCUT2D eigenvalue weighted by molar-refractivity contribution is 0.122. The number of aromatic nitrogens is 2. The summed E-state index contributed by atoms with van der Waals surface area (Å²) in [5, 5.41) is 17.3. The fraction of sp³-hybridized carbons (Fsp3) is 0.261. The van der Waals surface area contributed by atoms with Crippen molar-refractivity contribution < 1.29 is 9.53 Å². The lowest BCUT2D eigenvalue weighted by Crippen LogP contribution is -2.36. The van der Waals surface area contributed by atoms with E-state index >= 15 is 0 Å². The average molecular weight is 419 g/mol. The highest BCUT2D eigenvalue weighted by atomic mass is 16.5. The van der Waals surface area contributed by atoms with Gasteiger partial charge in [-0.1, -0.05) is 12.1 Å². The largest absolute Gasteiger partial charge is 0.378 e. The number of hydrogen-bond acceptors (Lipinski definition) is 6. The molecule has 2 amide bonds. The molecule has 31 heavy (non-hydrogen) atoms. The molecule has 0 radical (unpaired) electrons. The summed E-state index contributed by atoms with van der Waals surface area (Å²) in [5.74, 6) is 0.664. The summed E-state index contributed by atoms with van der Waals surface area (Å²) in [5.41, 5.74) is 5.55. The molecule has 4 rings (SSSR count). The van der Waals surface area contributed by atoms with Crippen LogP contribution in [0.1, 0.15) is 11.1 Å². The van der Waals surface area contributed by atoms with Gasteiger partial charge in [0.2, 0.25) is 0 Å². The lowest BCUT2D eigenvalue weighted by Gasteiger charge is -2.28. The van der Waals surface area contributed by atoms with Crippen LogP contribution in [0.2, 0.25) is 0 Å². The second-order valence-corrected chi connectivity index (χ2v) is 7.43. The minimum absolute atomic E-state index is 0.279. The SMILES string of the molecule is Cc1cccc(NC(=O)Nc2ccc(Nc3cc(N4CCOCC4)cnn3)cc2)c1C. The van der Waals surface area contributed by atoms with E-state index in [9.17, 15) is 4.79 Å². The van der Waals surface area contributed by atoms with Gasteiger partial charge in [-0.25, -0.2) is 4.79 Å². The maximum Gasteiger partial charge on any atom is 0.323 e.